The number of aryl methyl sites for hydroxylation is 2. The first-order valence-electron chi connectivity index (χ1n) is 7.31. The second-order valence-electron chi connectivity index (χ2n) is 5.13. The number of allylic oxidation sites excluding steroid dienone is 1. The fraction of sp³-hybridized carbons (Fsp3) is 0.625. The molecule has 0 saturated carbocycles. The second-order valence-corrected chi connectivity index (χ2v) is 6.30. The van der Waals surface area contributed by atoms with E-state index in [0.29, 0.717) is 6.04 Å². The molecular weight excluding hydrogens is 238 g/mol. The Morgan fingerprint density at radius 3 is 3.00 bits per heavy atom. The van der Waals surface area contributed by atoms with Crippen LogP contribution in [0.2, 0.25) is 0 Å². The molecule has 0 amide bonds. The molecule has 1 N–H and O–H groups in total. The van der Waals surface area contributed by atoms with E-state index in [-0.39, 0.29) is 0 Å². The summed E-state index contributed by atoms with van der Waals surface area (Å²) in [7, 11) is 0. The second kappa shape index (κ2) is 7.10. The standard InChI is InChI=1S/C16H25NS/c1-3-5-6-10-14(17-4-2)16-12-13-9-7-8-11-15(13)18-16/h3,12,14,17H,1,4-11H2,2H3. The Morgan fingerprint density at radius 2 is 2.28 bits per heavy atom. The van der Waals surface area contributed by atoms with E-state index in [4.69, 9.17) is 0 Å². The Labute approximate surface area is 115 Å². The molecule has 1 nitrogen and oxygen atoms in total. The van der Waals surface area contributed by atoms with Gasteiger partial charge in [0.1, 0.15) is 0 Å². The Hall–Kier alpha value is -0.600. The number of hydrogen-bond acceptors (Lipinski definition) is 2. The van der Waals surface area contributed by atoms with Gasteiger partial charge in [0.05, 0.1) is 0 Å². The molecule has 1 heterocycles. The molecule has 1 aliphatic rings. The number of fused-ring (bicyclic) bond motifs is 1. The zero-order valence-electron chi connectivity index (χ0n) is 11.5. The van der Waals surface area contributed by atoms with Crippen molar-refractivity contribution >= 4 is 11.3 Å². The fourth-order valence-corrected chi connectivity index (χ4v) is 4.11. The van der Waals surface area contributed by atoms with E-state index in [2.05, 4.69) is 36.2 Å². The van der Waals surface area contributed by atoms with E-state index in [0.717, 1.165) is 13.0 Å². The Bertz CT molecular complexity index is 357. The van der Waals surface area contributed by atoms with Crippen molar-refractivity contribution in [3.8, 4) is 0 Å². The minimum absolute atomic E-state index is 0.561. The van der Waals surface area contributed by atoms with E-state index in [1.54, 1.807) is 15.3 Å². The highest BCUT2D eigenvalue weighted by Crippen LogP contribution is 2.34. The van der Waals surface area contributed by atoms with Crippen LogP contribution in [0.3, 0.4) is 0 Å². The summed E-state index contributed by atoms with van der Waals surface area (Å²) in [5.74, 6) is 0. The maximum absolute atomic E-state index is 3.81. The number of nitrogens with one attached hydrogen (secondary N) is 1. The van der Waals surface area contributed by atoms with Crippen molar-refractivity contribution in [3.63, 3.8) is 0 Å². The van der Waals surface area contributed by atoms with Crippen molar-refractivity contribution < 1.29 is 0 Å². The van der Waals surface area contributed by atoms with Gasteiger partial charge in [0.2, 0.25) is 0 Å². The summed E-state index contributed by atoms with van der Waals surface area (Å²) in [6.45, 7) is 7.07. The molecular formula is C16H25NS. The minimum atomic E-state index is 0.561. The Morgan fingerprint density at radius 1 is 1.44 bits per heavy atom. The van der Waals surface area contributed by atoms with E-state index >= 15 is 0 Å². The van der Waals surface area contributed by atoms with Crippen molar-refractivity contribution in [1.82, 2.24) is 5.32 Å². The van der Waals surface area contributed by atoms with E-state index in [9.17, 15) is 0 Å². The molecule has 1 aliphatic carbocycles. The van der Waals surface area contributed by atoms with Gasteiger partial charge >= 0.3 is 0 Å². The van der Waals surface area contributed by atoms with Gasteiger partial charge in [0.25, 0.3) is 0 Å². The average Bonchev–Trinajstić information content (AvgIpc) is 2.81. The highest BCUT2D eigenvalue weighted by molar-refractivity contribution is 7.12. The summed E-state index contributed by atoms with van der Waals surface area (Å²) in [4.78, 5) is 3.22. The summed E-state index contributed by atoms with van der Waals surface area (Å²) in [6, 6.07) is 3.03. The number of thiophene rings is 1. The van der Waals surface area contributed by atoms with Crippen LogP contribution in [0.4, 0.5) is 0 Å². The SMILES string of the molecule is C=CCCCC(NCC)c1cc2c(s1)CCCC2. The van der Waals surface area contributed by atoms with Crippen LogP contribution in [0.15, 0.2) is 18.7 Å². The largest absolute Gasteiger partial charge is 0.310 e. The predicted molar refractivity (Wildman–Crippen MR) is 81.4 cm³/mol. The third kappa shape index (κ3) is 3.46. The van der Waals surface area contributed by atoms with Gasteiger partial charge in [-0.05, 0) is 63.1 Å². The van der Waals surface area contributed by atoms with Gasteiger partial charge < -0.3 is 5.32 Å². The lowest BCUT2D eigenvalue weighted by atomic mass is 9.98. The minimum Gasteiger partial charge on any atom is -0.310 e. The van der Waals surface area contributed by atoms with Gasteiger partial charge in [0, 0.05) is 15.8 Å². The van der Waals surface area contributed by atoms with Crippen molar-refractivity contribution in [3.05, 3.63) is 34.0 Å². The van der Waals surface area contributed by atoms with Crippen molar-refractivity contribution in [2.45, 2.75) is 57.9 Å². The van der Waals surface area contributed by atoms with Gasteiger partial charge in [-0.2, -0.15) is 0 Å². The summed E-state index contributed by atoms with van der Waals surface area (Å²) in [5, 5.41) is 3.64. The lowest BCUT2D eigenvalue weighted by Crippen LogP contribution is -2.19. The molecule has 0 spiro atoms. The van der Waals surface area contributed by atoms with Crippen LogP contribution in [-0.4, -0.2) is 6.54 Å². The monoisotopic (exact) mass is 263 g/mol. The quantitative estimate of drug-likeness (QED) is 0.558. The highest BCUT2D eigenvalue weighted by Gasteiger charge is 2.18. The maximum Gasteiger partial charge on any atom is 0.0415 e. The molecule has 1 atom stereocenters. The molecule has 0 aliphatic heterocycles. The van der Waals surface area contributed by atoms with Gasteiger partial charge in [-0.3, -0.25) is 0 Å². The smallest absolute Gasteiger partial charge is 0.0415 e. The molecule has 1 aromatic rings. The van der Waals surface area contributed by atoms with Crippen LogP contribution < -0.4 is 5.32 Å². The molecule has 0 aromatic carbocycles. The van der Waals surface area contributed by atoms with Gasteiger partial charge in [-0.15, -0.1) is 17.9 Å². The molecule has 1 aromatic heterocycles. The number of unbranched alkanes of at least 4 members (excludes halogenated alkanes) is 1. The zero-order chi connectivity index (χ0) is 12.8. The molecule has 0 radical (unpaired) electrons. The topological polar surface area (TPSA) is 12.0 Å². The number of hydrogen-bond donors (Lipinski definition) is 1. The van der Waals surface area contributed by atoms with Gasteiger partial charge in [-0.1, -0.05) is 13.0 Å². The first-order valence-corrected chi connectivity index (χ1v) is 8.12. The molecule has 1 unspecified atom stereocenters. The van der Waals surface area contributed by atoms with E-state index < -0.39 is 0 Å². The van der Waals surface area contributed by atoms with Crippen LogP contribution in [0.5, 0.6) is 0 Å². The van der Waals surface area contributed by atoms with Crippen LogP contribution in [0, 0.1) is 0 Å². The first kappa shape index (κ1) is 13.8. The molecule has 2 heteroatoms. The van der Waals surface area contributed by atoms with Crippen LogP contribution >= 0.6 is 11.3 Å². The molecule has 0 saturated heterocycles. The third-order valence-corrected chi connectivity index (χ3v) is 5.06. The lowest BCUT2D eigenvalue weighted by Gasteiger charge is -2.15. The summed E-state index contributed by atoms with van der Waals surface area (Å²) < 4.78 is 0. The number of rotatable bonds is 7. The molecule has 2 rings (SSSR count). The predicted octanol–water partition coefficient (Wildman–Crippen LogP) is 4.63. The van der Waals surface area contributed by atoms with Crippen molar-refractivity contribution in [2.75, 3.05) is 6.54 Å². The normalized spacial score (nSPS) is 16.3. The van der Waals surface area contributed by atoms with Crippen molar-refractivity contribution in [1.29, 1.82) is 0 Å². The van der Waals surface area contributed by atoms with E-state index in [1.165, 1.54) is 38.5 Å². The zero-order valence-corrected chi connectivity index (χ0v) is 12.3. The summed E-state index contributed by atoms with van der Waals surface area (Å²) in [5.41, 5.74) is 1.63. The third-order valence-electron chi connectivity index (χ3n) is 3.71. The highest BCUT2D eigenvalue weighted by atomic mass is 32.1. The maximum atomic E-state index is 3.81. The van der Waals surface area contributed by atoms with E-state index in [1.807, 2.05) is 6.08 Å². The molecule has 18 heavy (non-hydrogen) atoms. The first-order chi connectivity index (χ1) is 8.85. The average molecular weight is 263 g/mol. The van der Waals surface area contributed by atoms with Crippen molar-refractivity contribution in [2.24, 2.45) is 0 Å². The van der Waals surface area contributed by atoms with Crippen LogP contribution in [0.25, 0.3) is 0 Å². The lowest BCUT2D eigenvalue weighted by molar-refractivity contribution is 0.507. The Kier molecular flexibility index (Phi) is 5.45. The fourth-order valence-electron chi connectivity index (χ4n) is 2.74. The van der Waals surface area contributed by atoms with Crippen LogP contribution in [-0.2, 0) is 12.8 Å². The van der Waals surface area contributed by atoms with Gasteiger partial charge in [0.15, 0.2) is 0 Å². The summed E-state index contributed by atoms with van der Waals surface area (Å²) >= 11 is 2.05. The molecule has 0 bridgehead atoms. The van der Waals surface area contributed by atoms with Gasteiger partial charge in [-0.25, -0.2) is 0 Å². The molecule has 100 valence electrons. The Balaban J connectivity index is 2.04. The molecule has 0 fully saturated rings. The van der Waals surface area contributed by atoms with Crippen LogP contribution in [0.1, 0.15) is 60.4 Å². The summed E-state index contributed by atoms with van der Waals surface area (Å²) in [6.07, 6.45) is 11.0.